The molecule has 2 atom stereocenters. The van der Waals surface area contributed by atoms with E-state index in [0.717, 1.165) is 0 Å². The topological polar surface area (TPSA) is 83.6 Å². The molecule has 0 saturated carbocycles. The summed E-state index contributed by atoms with van der Waals surface area (Å²) in [5, 5.41) is 9.05. The average molecular weight is 228 g/mol. The molecule has 0 spiro atoms. The van der Waals surface area contributed by atoms with Crippen molar-refractivity contribution in [1.29, 1.82) is 0 Å². The third-order valence-corrected chi connectivity index (χ3v) is 3.30. The van der Waals surface area contributed by atoms with E-state index in [9.17, 15) is 9.59 Å². The first-order valence-electron chi connectivity index (χ1n) is 5.56. The SMILES string of the molecule is CC(C)C(N)C(=O)N1CCC(C)(C(=O)O)C1. The van der Waals surface area contributed by atoms with Crippen LogP contribution in [0.25, 0.3) is 0 Å². The molecule has 2 unspecified atom stereocenters. The highest BCUT2D eigenvalue weighted by molar-refractivity contribution is 5.84. The molecule has 1 amide bonds. The average Bonchev–Trinajstić information content (AvgIpc) is 2.60. The van der Waals surface area contributed by atoms with Crippen molar-refractivity contribution in [3.63, 3.8) is 0 Å². The number of carbonyl (C=O) groups is 2. The largest absolute Gasteiger partial charge is 0.481 e. The van der Waals surface area contributed by atoms with Gasteiger partial charge in [0.25, 0.3) is 0 Å². The molecular formula is C11H20N2O3. The fraction of sp³-hybridized carbons (Fsp3) is 0.818. The fourth-order valence-corrected chi connectivity index (χ4v) is 1.82. The van der Waals surface area contributed by atoms with Crippen LogP contribution in [0.1, 0.15) is 27.2 Å². The van der Waals surface area contributed by atoms with Crippen molar-refractivity contribution < 1.29 is 14.7 Å². The number of aliphatic carboxylic acids is 1. The minimum absolute atomic E-state index is 0.0733. The summed E-state index contributed by atoms with van der Waals surface area (Å²) in [4.78, 5) is 24.5. The second-order valence-corrected chi connectivity index (χ2v) is 5.15. The van der Waals surface area contributed by atoms with Crippen LogP contribution >= 0.6 is 0 Å². The third-order valence-electron chi connectivity index (χ3n) is 3.30. The molecule has 0 bridgehead atoms. The summed E-state index contributed by atoms with van der Waals surface area (Å²) in [7, 11) is 0. The predicted molar refractivity (Wildman–Crippen MR) is 59.8 cm³/mol. The first-order valence-corrected chi connectivity index (χ1v) is 5.56. The molecule has 5 nitrogen and oxygen atoms in total. The number of amides is 1. The lowest BCUT2D eigenvalue weighted by Gasteiger charge is -2.24. The lowest BCUT2D eigenvalue weighted by molar-refractivity contribution is -0.147. The number of carboxylic acid groups (broad SMARTS) is 1. The van der Waals surface area contributed by atoms with Gasteiger partial charge in [-0.3, -0.25) is 9.59 Å². The summed E-state index contributed by atoms with van der Waals surface area (Å²) < 4.78 is 0. The molecule has 1 rings (SSSR count). The van der Waals surface area contributed by atoms with Crippen molar-refractivity contribution in [1.82, 2.24) is 4.90 Å². The van der Waals surface area contributed by atoms with Gasteiger partial charge in [-0.15, -0.1) is 0 Å². The minimum Gasteiger partial charge on any atom is -0.481 e. The van der Waals surface area contributed by atoms with Gasteiger partial charge in [-0.25, -0.2) is 0 Å². The van der Waals surface area contributed by atoms with Gasteiger partial charge < -0.3 is 15.7 Å². The van der Waals surface area contributed by atoms with Gasteiger partial charge in [0.05, 0.1) is 11.5 Å². The Morgan fingerprint density at radius 2 is 2.00 bits per heavy atom. The molecule has 1 aliphatic heterocycles. The standard InChI is InChI=1S/C11H20N2O3/c1-7(2)8(12)9(14)13-5-4-11(3,6-13)10(15)16/h7-8H,4-6,12H2,1-3H3,(H,15,16). The normalized spacial score (nSPS) is 27.2. The highest BCUT2D eigenvalue weighted by Gasteiger charge is 2.43. The van der Waals surface area contributed by atoms with Gasteiger partial charge in [-0.1, -0.05) is 13.8 Å². The summed E-state index contributed by atoms with van der Waals surface area (Å²) in [6, 6.07) is -0.531. The lowest BCUT2D eigenvalue weighted by Crippen LogP contribution is -2.46. The van der Waals surface area contributed by atoms with Crippen LogP contribution in [-0.2, 0) is 9.59 Å². The second-order valence-electron chi connectivity index (χ2n) is 5.15. The van der Waals surface area contributed by atoms with Gasteiger partial charge in [0.15, 0.2) is 0 Å². The van der Waals surface area contributed by atoms with Crippen LogP contribution in [0.15, 0.2) is 0 Å². The number of carboxylic acids is 1. The molecule has 0 aromatic carbocycles. The van der Waals surface area contributed by atoms with Crippen molar-refractivity contribution >= 4 is 11.9 Å². The van der Waals surface area contributed by atoms with Crippen LogP contribution in [0, 0.1) is 11.3 Å². The molecule has 5 heteroatoms. The van der Waals surface area contributed by atoms with E-state index in [0.29, 0.717) is 13.0 Å². The molecule has 92 valence electrons. The maximum Gasteiger partial charge on any atom is 0.311 e. The van der Waals surface area contributed by atoms with Gasteiger partial charge >= 0.3 is 5.97 Å². The summed E-state index contributed by atoms with van der Waals surface area (Å²) >= 11 is 0. The molecule has 3 N–H and O–H groups in total. The summed E-state index contributed by atoms with van der Waals surface area (Å²) in [6.45, 7) is 6.19. The zero-order chi connectivity index (χ0) is 12.5. The molecule has 0 aromatic rings. The summed E-state index contributed by atoms with van der Waals surface area (Å²) in [5.74, 6) is -0.912. The van der Waals surface area contributed by atoms with Crippen molar-refractivity contribution in [3.05, 3.63) is 0 Å². The highest BCUT2D eigenvalue weighted by atomic mass is 16.4. The van der Waals surface area contributed by atoms with Crippen molar-refractivity contribution in [2.24, 2.45) is 17.1 Å². The number of likely N-dealkylation sites (tertiary alicyclic amines) is 1. The Morgan fingerprint density at radius 1 is 1.44 bits per heavy atom. The molecule has 16 heavy (non-hydrogen) atoms. The Labute approximate surface area is 95.6 Å². The molecule has 1 fully saturated rings. The van der Waals surface area contributed by atoms with Gasteiger partial charge in [0, 0.05) is 13.1 Å². The Kier molecular flexibility index (Phi) is 3.57. The molecular weight excluding hydrogens is 208 g/mol. The van der Waals surface area contributed by atoms with Crippen LogP contribution in [0.2, 0.25) is 0 Å². The van der Waals surface area contributed by atoms with Crippen LogP contribution in [0.5, 0.6) is 0 Å². The van der Waals surface area contributed by atoms with Gasteiger partial charge in [-0.05, 0) is 19.3 Å². The minimum atomic E-state index is -0.846. The quantitative estimate of drug-likeness (QED) is 0.727. The van der Waals surface area contributed by atoms with Crippen molar-refractivity contribution in [2.75, 3.05) is 13.1 Å². The number of rotatable bonds is 3. The van der Waals surface area contributed by atoms with E-state index in [2.05, 4.69) is 0 Å². The summed E-state index contributed by atoms with van der Waals surface area (Å²) in [5.41, 5.74) is 4.95. The predicted octanol–water partition coefficient (Wildman–Crippen LogP) is 0.293. The second kappa shape index (κ2) is 4.41. The monoisotopic (exact) mass is 228 g/mol. The number of hydrogen-bond donors (Lipinski definition) is 2. The van der Waals surface area contributed by atoms with Crippen molar-refractivity contribution in [3.8, 4) is 0 Å². The number of carbonyl (C=O) groups excluding carboxylic acids is 1. The highest BCUT2D eigenvalue weighted by Crippen LogP contribution is 2.30. The molecule has 1 aliphatic rings. The first kappa shape index (κ1) is 13.0. The van der Waals surface area contributed by atoms with Crippen LogP contribution in [0.3, 0.4) is 0 Å². The maximum absolute atomic E-state index is 11.9. The summed E-state index contributed by atoms with van der Waals surface area (Å²) in [6.07, 6.45) is 0.499. The smallest absolute Gasteiger partial charge is 0.311 e. The third kappa shape index (κ3) is 2.35. The Bertz CT molecular complexity index is 304. The Balaban J connectivity index is 2.67. The molecule has 1 heterocycles. The van der Waals surface area contributed by atoms with E-state index < -0.39 is 17.4 Å². The fourth-order valence-electron chi connectivity index (χ4n) is 1.82. The molecule has 0 aromatic heterocycles. The first-order chi connectivity index (χ1) is 7.28. The number of nitrogens with two attached hydrogens (primary N) is 1. The van der Waals surface area contributed by atoms with E-state index >= 15 is 0 Å². The number of nitrogens with zero attached hydrogens (tertiary/aromatic N) is 1. The van der Waals surface area contributed by atoms with Crippen LogP contribution in [0.4, 0.5) is 0 Å². The zero-order valence-corrected chi connectivity index (χ0v) is 10.1. The van der Waals surface area contributed by atoms with Crippen LogP contribution < -0.4 is 5.73 Å². The van der Waals surface area contributed by atoms with E-state index in [1.165, 1.54) is 0 Å². The Hall–Kier alpha value is -1.10. The zero-order valence-electron chi connectivity index (χ0n) is 10.1. The van der Waals surface area contributed by atoms with Crippen LogP contribution in [-0.4, -0.2) is 41.0 Å². The van der Waals surface area contributed by atoms with E-state index in [1.54, 1.807) is 11.8 Å². The maximum atomic E-state index is 11.9. The lowest BCUT2D eigenvalue weighted by atomic mass is 9.90. The number of hydrogen-bond acceptors (Lipinski definition) is 3. The van der Waals surface area contributed by atoms with E-state index in [4.69, 9.17) is 10.8 Å². The van der Waals surface area contributed by atoms with E-state index in [-0.39, 0.29) is 18.4 Å². The Morgan fingerprint density at radius 3 is 2.38 bits per heavy atom. The molecule has 1 saturated heterocycles. The van der Waals surface area contributed by atoms with Gasteiger partial charge in [-0.2, -0.15) is 0 Å². The van der Waals surface area contributed by atoms with Gasteiger partial charge in [0.1, 0.15) is 0 Å². The van der Waals surface area contributed by atoms with Gasteiger partial charge in [0.2, 0.25) is 5.91 Å². The van der Waals surface area contributed by atoms with E-state index in [1.807, 2.05) is 13.8 Å². The van der Waals surface area contributed by atoms with Crippen molar-refractivity contribution in [2.45, 2.75) is 33.2 Å². The molecule has 0 aliphatic carbocycles. The molecule has 0 radical (unpaired) electrons.